The van der Waals surface area contributed by atoms with Crippen molar-refractivity contribution in [2.75, 3.05) is 0 Å². The van der Waals surface area contributed by atoms with Gasteiger partial charge in [0.15, 0.2) is 11.5 Å². The summed E-state index contributed by atoms with van der Waals surface area (Å²) in [5.74, 6) is 2.13. The summed E-state index contributed by atoms with van der Waals surface area (Å²) in [5.41, 5.74) is 1.33. The molecule has 0 saturated heterocycles. The fraction of sp³-hybridized carbons (Fsp3) is 0.545. The van der Waals surface area contributed by atoms with Gasteiger partial charge in [0, 0.05) is 11.8 Å². The highest BCUT2D eigenvalue weighted by atomic mass is 16.3. The molecule has 0 aliphatic rings. The molecule has 4 nitrogen and oxygen atoms in total. The second-order valence-electron chi connectivity index (χ2n) is 4.28. The summed E-state index contributed by atoms with van der Waals surface area (Å²) in [6, 6.07) is 0. The molecule has 80 valence electrons. The Bertz CT molecular complexity index is 468. The Morgan fingerprint density at radius 3 is 2.40 bits per heavy atom. The average molecular weight is 205 g/mol. The van der Waals surface area contributed by atoms with E-state index in [0.29, 0.717) is 17.1 Å². The summed E-state index contributed by atoms with van der Waals surface area (Å²) in [5, 5.41) is 0. The van der Waals surface area contributed by atoms with Crippen molar-refractivity contribution in [3.8, 4) is 0 Å². The minimum absolute atomic E-state index is 0.279. The lowest BCUT2D eigenvalue weighted by molar-refractivity contribution is 0.500. The Morgan fingerprint density at radius 1 is 1.07 bits per heavy atom. The highest BCUT2D eigenvalue weighted by Gasteiger charge is 2.12. The Hall–Kier alpha value is -1.45. The summed E-state index contributed by atoms with van der Waals surface area (Å²) < 4.78 is 5.53. The van der Waals surface area contributed by atoms with E-state index in [1.54, 1.807) is 6.20 Å². The minimum atomic E-state index is 0.279. The standard InChI is InChI=1S/C11H15N3O/c1-6(2)9-12-5-8-10(13-9)14-11(15-8)7(3)4/h5-7H,1-4H3. The van der Waals surface area contributed by atoms with Crippen LogP contribution in [0.3, 0.4) is 0 Å². The molecule has 2 aromatic rings. The molecule has 2 heterocycles. The predicted molar refractivity (Wildman–Crippen MR) is 57.8 cm³/mol. The number of aromatic nitrogens is 3. The van der Waals surface area contributed by atoms with E-state index in [4.69, 9.17) is 4.42 Å². The smallest absolute Gasteiger partial charge is 0.202 e. The first-order valence-corrected chi connectivity index (χ1v) is 5.21. The first-order chi connectivity index (χ1) is 7.08. The lowest BCUT2D eigenvalue weighted by atomic mass is 10.2. The molecule has 2 rings (SSSR count). The van der Waals surface area contributed by atoms with Crippen LogP contribution in [0.1, 0.15) is 51.2 Å². The zero-order valence-electron chi connectivity index (χ0n) is 9.48. The molecule has 4 heteroatoms. The molecule has 0 fully saturated rings. The molecule has 0 unspecified atom stereocenters. The summed E-state index contributed by atoms with van der Waals surface area (Å²) in [4.78, 5) is 12.9. The van der Waals surface area contributed by atoms with Crippen LogP contribution in [-0.4, -0.2) is 15.0 Å². The number of fused-ring (bicyclic) bond motifs is 1. The van der Waals surface area contributed by atoms with Gasteiger partial charge in [-0.15, -0.1) is 0 Å². The van der Waals surface area contributed by atoms with Gasteiger partial charge in [0.25, 0.3) is 0 Å². The number of rotatable bonds is 2. The zero-order valence-corrected chi connectivity index (χ0v) is 9.48. The maximum atomic E-state index is 5.53. The van der Waals surface area contributed by atoms with Crippen LogP contribution in [0.5, 0.6) is 0 Å². The summed E-state index contributed by atoms with van der Waals surface area (Å²) in [6.07, 6.45) is 1.70. The number of oxazole rings is 1. The molecule has 0 atom stereocenters. The van der Waals surface area contributed by atoms with Gasteiger partial charge in [-0.05, 0) is 0 Å². The first-order valence-electron chi connectivity index (χ1n) is 5.21. The van der Waals surface area contributed by atoms with Crippen molar-refractivity contribution in [3.05, 3.63) is 17.9 Å². The molecule has 0 bridgehead atoms. The Morgan fingerprint density at radius 2 is 1.80 bits per heavy atom. The van der Waals surface area contributed by atoms with E-state index in [1.807, 2.05) is 13.8 Å². The van der Waals surface area contributed by atoms with Crippen LogP contribution in [0.4, 0.5) is 0 Å². The van der Waals surface area contributed by atoms with Crippen LogP contribution < -0.4 is 0 Å². The van der Waals surface area contributed by atoms with Crippen LogP contribution in [0, 0.1) is 0 Å². The third-order valence-electron chi connectivity index (χ3n) is 2.20. The van der Waals surface area contributed by atoms with Crippen molar-refractivity contribution < 1.29 is 4.42 Å². The van der Waals surface area contributed by atoms with Crippen LogP contribution >= 0.6 is 0 Å². The van der Waals surface area contributed by atoms with E-state index in [9.17, 15) is 0 Å². The summed E-state index contributed by atoms with van der Waals surface area (Å²) >= 11 is 0. The molecule has 15 heavy (non-hydrogen) atoms. The fourth-order valence-electron chi connectivity index (χ4n) is 1.29. The van der Waals surface area contributed by atoms with Crippen molar-refractivity contribution in [1.29, 1.82) is 0 Å². The average Bonchev–Trinajstić information content (AvgIpc) is 2.59. The monoisotopic (exact) mass is 205 g/mol. The number of nitrogens with zero attached hydrogens (tertiary/aromatic N) is 3. The van der Waals surface area contributed by atoms with Crippen molar-refractivity contribution in [2.45, 2.75) is 39.5 Å². The first kappa shape index (κ1) is 10.1. The van der Waals surface area contributed by atoms with E-state index < -0.39 is 0 Å². The van der Waals surface area contributed by atoms with E-state index in [2.05, 4.69) is 28.8 Å². The van der Waals surface area contributed by atoms with Gasteiger partial charge < -0.3 is 4.42 Å². The van der Waals surface area contributed by atoms with Crippen molar-refractivity contribution in [1.82, 2.24) is 15.0 Å². The number of hydrogen-bond acceptors (Lipinski definition) is 4. The highest BCUT2D eigenvalue weighted by Crippen LogP contribution is 2.20. The molecule has 0 spiro atoms. The van der Waals surface area contributed by atoms with E-state index in [-0.39, 0.29) is 5.92 Å². The van der Waals surface area contributed by atoms with Crippen LogP contribution in [-0.2, 0) is 0 Å². The van der Waals surface area contributed by atoms with Crippen molar-refractivity contribution in [3.63, 3.8) is 0 Å². The Kier molecular flexibility index (Phi) is 2.42. The van der Waals surface area contributed by atoms with Gasteiger partial charge in [0.05, 0.1) is 6.20 Å². The lowest BCUT2D eigenvalue weighted by Crippen LogP contribution is -1.96. The van der Waals surface area contributed by atoms with Gasteiger partial charge in [0.2, 0.25) is 5.65 Å². The van der Waals surface area contributed by atoms with Gasteiger partial charge in [-0.2, -0.15) is 4.98 Å². The minimum Gasteiger partial charge on any atom is -0.437 e. The highest BCUT2D eigenvalue weighted by molar-refractivity contribution is 5.66. The molecular weight excluding hydrogens is 190 g/mol. The molecule has 2 aromatic heterocycles. The summed E-state index contributed by atoms with van der Waals surface area (Å²) in [7, 11) is 0. The quantitative estimate of drug-likeness (QED) is 0.756. The molecule has 0 N–H and O–H groups in total. The summed E-state index contributed by atoms with van der Waals surface area (Å²) in [6.45, 7) is 8.21. The van der Waals surface area contributed by atoms with E-state index in [0.717, 1.165) is 11.7 Å². The van der Waals surface area contributed by atoms with Crippen LogP contribution in [0.25, 0.3) is 11.2 Å². The molecule has 0 aliphatic heterocycles. The maximum absolute atomic E-state index is 5.53. The normalized spacial score (nSPS) is 11.9. The number of hydrogen-bond donors (Lipinski definition) is 0. The van der Waals surface area contributed by atoms with E-state index in [1.165, 1.54) is 0 Å². The van der Waals surface area contributed by atoms with Gasteiger partial charge in [-0.25, -0.2) is 9.97 Å². The molecule has 0 amide bonds. The van der Waals surface area contributed by atoms with Crippen LogP contribution in [0.15, 0.2) is 10.6 Å². The Labute approximate surface area is 88.8 Å². The molecule has 0 saturated carbocycles. The van der Waals surface area contributed by atoms with Gasteiger partial charge >= 0.3 is 0 Å². The van der Waals surface area contributed by atoms with Crippen LogP contribution in [0.2, 0.25) is 0 Å². The van der Waals surface area contributed by atoms with Gasteiger partial charge in [-0.3, -0.25) is 0 Å². The van der Waals surface area contributed by atoms with Crippen molar-refractivity contribution >= 4 is 11.2 Å². The van der Waals surface area contributed by atoms with Gasteiger partial charge in [-0.1, -0.05) is 27.7 Å². The second kappa shape index (κ2) is 3.61. The zero-order chi connectivity index (χ0) is 11.0. The third-order valence-corrected chi connectivity index (χ3v) is 2.20. The Balaban J connectivity index is 2.52. The van der Waals surface area contributed by atoms with Gasteiger partial charge in [0.1, 0.15) is 5.82 Å². The van der Waals surface area contributed by atoms with E-state index >= 15 is 0 Å². The van der Waals surface area contributed by atoms with Crippen molar-refractivity contribution in [2.24, 2.45) is 0 Å². The molecular formula is C11H15N3O. The molecule has 0 aliphatic carbocycles. The SMILES string of the molecule is CC(C)c1ncc2oc(C(C)C)nc2n1. The molecule has 0 aromatic carbocycles. The molecule has 0 radical (unpaired) electrons. The lowest BCUT2D eigenvalue weighted by Gasteiger charge is -1.99. The largest absolute Gasteiger partial charge is 0.437 e. The fourth-order valence-corrected chi connectivity index (χ4v) is 1.29. The third kappa shape index (κ3) is 1.84. The predicted octanol–water partition coefficient (Wildman–Crippen LogP) is 2.86. The second-order valence-corrected chi connectivity index (χ2v) is 4.28. The topological polar surface area (TPSA) is 51.8 Å². The maximum Gasteiger partial charge on any atom is 0.202 e.